The molecule has 2 amide bonds. The van der Waals surface area contributed by atoms with Gasteiger partial charge >= 0.3 is 12.4 Å². The number of hydrogen-bond donors (Lipinski definition) is 1. The van der Waals surface area contributed by atoms with Crippen molar-refractivity contribution in [2.24, 2.45) is 0 Å². The molecule has 2 aromatic rings. The summed E-state index contributed by atoms with van der Waals surface area (Å²) in [6.45, 7) is 4.11. The standard InChI is InChI=1S/C23H26F3N3O3/c24-23(25,26)32-20-8-6-19(7-9-20)27-21(30)29-14-15-31-22(17-29)10-12-28(13-11-22)16-18-4-2-1-3-5-18/h1-9H,10-17H2,(H,27,30). The number of amides is 2. The van der Waals surface area contributed by atoms with Crippen molar-refractivity contribution in [1.82, 2.24) is 9.80 Å². The van der Waals surface area contributed by atoms with Crippen LogP contribution in [0.15, 0.2) is 54.6 Å². The molecule has 2 aromatic carbocycles. The van der Waals surface area contributed by atoms with E-state index in [1.54, 1.807) is 4.90 Å². The van der Waals surface area contributed by atoms with Crippen molar-refractivity contribution in [1.29, 1.82) is 0 Å². The molecule has 0 radical (unpaired) electrons. The zero-order valence-electron chi connectivity index (χ0n) is 17.6. The first kappa shape index (κ1) is 22.4. The van der Waals surface area contributed by atoms with E-state index in [-0.39, 0.29) is 17.4 Å². The van der Waals surface area contributed by atoms with Crippen LogP contribution in [0.3, 0.4) is 0 Å². The Morgan fingerprint density at radius 2 is 1.72 bits per heavy atom. The number of piperidine rings is 1. The van der Waals surface area contributed by atoms with Gasteiger partial charge in [0.1, 0.15) is 5.75 Å². The molecule has 2 aliphatic rings. The third kappa shape index (κ3) is 5.92. The SMILES string of the molecule is O=C(Nc1ccc(OC(F)(F)F)cc1)N1CCOC2(CCN(Cc3ccccc3)CC2)C1. The number of likely N-dealkylation sites (tertiary alicyclic amines) is 1. The van der Waals surface area contributed by atoms with Gasteiger partial charge in [-0.2, -0.15) is 0 Å². The van der Waals surface area contributed by atoms with Gasteiger partial charge in [-0.05, 0) is 42.7 Å². The minimum atomic E-state index is -4.75. The minimum absolute atomic E-state index is 0.288. The van der Waals surface area contributed by atoms with Crippen molar-refractivity contribution in [2.45, 2.75) is 31.3 Å². The number of urea groups is 1. The molecule has 0 bridgehead atoms. The molecule has 4 rings (SSSR count). The topological polar surface area (TPSA) is 54.0 Å². The van der Waals surface area contributed by atoms with E-state index < -0.39 is 6.36 Å². The zero-order valence-corrected chi connectivity index (χ0v) is 17.6. The lowest BCUT2D eigenvalue weighted by atomic mass is 9.89. The fraction of sp³-hybridized carbons (Fsp3) is 0.435. The van der Waals surface area contributed by atoms with Gasteiger partial charge in [-0.3, -0.25) is 4.90 Å². The highest BCUT2D eigenvalue weighted by atomic mass is 19.4. The van der Waals surface area contributed by atoms with E-state index in [4.69, 9.17) is 4.74 Å². The smallest absolute Gasteiger partial charge is 0.406 e. The number of morpholine rings is 1. The molecule has 2 fully saturated rings. The lowest BCUT2D eigenvalue weighted by Crippen LogP contribution is -2.58. The number of rotatable bonds is 4. The Labute approximate surface area is 184 Å². The predicted molar refractivity (Wildman–Crippen MR) is 113 cm³/mol. The highest BCUT2D eigenvalue weighted by Crippen LogP contribution is 2.31. The van der Waals surface area contributed by atoms with E-state index in [0.29, 0.717) is 25.4 Å². The second kappa shape index (κ2) is 9.38. The predicted octanol–water partition coefficient (Wildman–Crippen LogP) is 4.48. The molecule has 2 saturated heterocycles. The minimum Gasteiger partial charge on any atom is -0.406 e. The Morgan fingerprint density at radius 1 is 1.03 bits per heavy atom. The molecule has 2 heterocycles. The molecule has 0 unspecified atom stereocenters. The molecule has 6 nitrogen and oxygen atoms in total. The fourth-order valence-corrected chi connectivity index (χ4v) is 4.22. The van der Waals surface area contributed by atoms with E-state index in [1.165, 1.54) is 29.8 Å². The van der Waals surface area contributed by atoms with E-state index in [9.17, 15) is 18.0 Å². The van der Waals surface area contributed by atoms with Gasteiger partial charge in [-0.1, -0.05) is 30.3 Å². The normalized spacial score (nSPS) is 19.0. The van der Waals surface area contributed by atoms with Crippen LogP contribution in [0.2, 0.25) is 0 Å². The maximum Gasteiger partial charge on any atom is 0.573 e. The summed E-state index contributed by atoms with van der Waals surface area (Å²) in [5.74, 6) is -0.330. The number of benzene rings is 2. The summed E-state index contributed by atoms with van der Waals surface area (Å²) in [6.07, 6.45) is -3.07. The Hall–Kier alpha value is -2.78. The number of anilines is 1. The average molecular weight is 449 g/mol. The van der Waals surface area contributed by atoms with Crippen LogP contribution in [0, 0.1) is 0 Å². The van der Waals surface area contributed by atoms with E-state index in [2.05, 4.69) is 27.1 Å². The third-order valence-electron chi connectivity index (χ3n) is 5.89. The van der Waals surface area contributed by atoms with Crippen molar-refractivity contribution >= 4 is 11.7 Å². The number of nitrogens with one attached hydrogen (secondary N) is 1. The third-order valence-corrected chi connectivity index (χ3v) is 5.89. The molecule has 0 atom stereocenters. The summed E-state index contributed by atoms with van der Waals surface area (Å²) in [4.78, 5) is 16.9. The first-order chi connectivity index (χ1) is 15.3. The van der Waals surface area contributed by atoms with Gasteiger partial charge in [-0.25, -0.2) is 4.79 Å². The first-order valence-corrected chi connectivity index (χ1v) is 10.6. The fourth-order valence-electron chi connectivity index (χ4n) is 4.22. The summed E-state index contributed by atoms with van der Waals surface area (Å²) in [5, 5.41) is 2.75. The Balaban J connectivity index is 1.29. The van der Waals surface area contributed by atoms with Gasteiger partial charge in [0, 0.05) is 31.9 Å². The zero-order chi connectivity index (χ0) is 22.6. The number of alkyl halides is 3. The van der Waals surface area contributed by atoms with Crippen LogP contribution in [0.4, 0.5) is 23.7 Å². The Morgan fingerprint density at radius 3 is 2.38 bits per heavy atom. The van der Waals surface area contributed by atoms with Crippen molar-refractivity contribution < 1.29 is 27.4 Å². The molecule has 0 aromatic heterocycles. The molecule has 0 saturated carbocycles. The van der Waals surface area contributed by atoms with Crippen LogP contribution < -0.4 is 10.1 Å². The van der Waals surface area contributed by atoms with Crippen LogP contribution in [0.1, 0.15) is 18.4 Å². The lowest BCUT2D eigenvalue weighted by Gasteiger charge is -2.47. The maximum absolute atomic E-state index is 12.8. The highest BCUT2D eigenvalue weighted by molar-refractivity contribution is 5.89. The number of hydrogen-bond acceptors (Lipinski definition) is 4. The lowest BCUT2D eigenvalue weighted by molar-refractivity contribution is -0.274. The van der Waals surface area contributed by atoms with Gasteiger partial charge in [-0.15, -0.1) is 13.2 Å². The summed E-state index contributed by atoms with van der Waals surface area (Å²) < 4.78 is 46.8. The molecule has 2 aliphatic heterocycles. The monoisotopic (exact) mass is 449 g/mol. The maximum atomic E-state index is 12.8. The van der Waals surface area contributed by atoms with Crippen LogP contribution in [-0.2, 0) is 11.3 Å². The summed E-state index contributed by atoms with van der Waals surface area (Å²) in [7, 11) is 0. The number of ether oxygens (including phenoxy) is 2. The average Bonchev–Trinajstić information content (AvgIpc) is 2.77. The second-order valence-electron chi connectivity index (χ2n) is 8.22. The van der Waals surface area contributed by atoms with Crippen molar-refractivity contribution in [3.05, 3.63) is 60.2 Å². The van der Waals surface area contributed by atoms with Crippen LogP contribution in [0.25, 0.3) is 0 Å². The molecule has 0 aliphatic carbocycles. The first-order valence-electron chi connectivity index (χ1n) is 10.6. The molecule has 172 valence electrons. The van der Waals surface area contributed by atoms with Gasteiger partial charge in [0.15, 0.2) is 0 Å². The van der Waals surface area contributed by atoms with Crippen molar-refractivity contribution in [3.8, 4) is 5.75 Å². The molecule has 1 N–H and O–H groups in total. The quantitative estimate of drug-likeness (QED) is 0.748. The van der Waals surface area contributed by atoms with Crippen molar-refractivity contribution in [3.63, 3.8) is 0 Å². The highest BCUT2D eigenvalue weighted by Gasteiger charge is 2.41. The Bertz CT molecular complexity index is 898. The molecular weight excluding hydrogens is 423 g/mol. The molecule has 1 spiro atoms. The van der Waals surface area contributed by atoms with Gasteiger partial charge in [0.2, 0.25) is 0 Å². The van der Waals surface area contributed by atoms with Gasteiger partial charge in [0.25, 0.3) is 0 Å². The van der Waals surface area contributed by atoms with Crippen LogP contribution >= 0.6 is 0 Å². The van der Waals surface area contributed by atoms with Crippen LogP contribution in [0.5, 0.6) is 5.75 Å². The van der Waals surface area contributed by atoms with E-state index in [1.807, 2.05) is 18.2 Å². The molecular formula is C23H26F3N3O3. The summed E-state index contributed by atoms with van der Waals surface area (Å²) in [6, 6.07) is 15.2. The number of nitrogens with zero attached hydrogens (tertiary/aromatic N) is 2. The molecule has 9 heteroatoms. The Kier molecular flexibility index (Phi) is 6.57. The second-order valence-corrected chi connectivity index (χ2v) is 8.22. The summed E-state index contributed by atoms with van der Waals surface area (Å²) in [5.41, 5.74) is 1.33. The van der Waals surface area contributed by atoms with E-state index >= 15 is 0 Å². The summed E-state index contributed by atoms with van der Waals surface area (Å²) >= 11 is 0. The molecule has 32 heavy (non-hydrogen) atoms. The van der Waals surface area contributed by atoms with Gasteiger partial charge in [0.05, 0.1) is 18.8 Å². The largest absolute Gasteiger partial charge is 0.573 e. The number of halogens is 3. The van der Waals surface area contributed by atoms with E-state index in [0.717, 1.165) is 32.5 Å². The van der Waals surface area contributed by atoms with Crippen LogP contribution in [-0.4, -0.2) is 60.6 Å². The number of carbonyl (C=O) groups excluding carboxylic acids is 1. The number of carbonyl (C=O) groups is 1. The van der Waals surface area contributed by atoms with Crippen molar-refractivity contribution in [2.75, 3.05) is 38.1 Å². The van der Waals surface area contributed by atoms with Gasteiger partial charge < -0.3 is 19.7 Å².